The lowest BCUT2D eigenvalue weighted by Gasteiger charge is -2.36. The van der Waals surface area contributed by atoms with E-state index < -0.39 is 58.8 Å². The summed E-state index contributed by atoms with van der Waals surface area (Å²) < 4.78 is 67.2. The highest BCUT2D eigenvalue weighted by Gasteiger charge is 2.42. The number of amides is 2. The predicted octanol–water partition coefficient (Wildman–Crippen LogP) is 3.03. The van der Waals surface area contributed by atoms with Crippen LogP contribution in [0.5, 0.6) is 0 Å². The fraction of sp³-hybridized carbons (Fsp3) is 0.409. The van der Waals surface area contributed by atoms with Crippen LogP contribution in [0.2, 0.25) is 5.02 Å². The van der Waals surface area contributed by atoms with Gasteiger partial charge in [-0.3, -0.25) is 14.6 Å². The minimum absolute atomic E-state index is 0.0563. The molecule has 1 aromatic carbocycles. The SMILES string of the molecule is [2H]O[C@@H]1C[C@@H](C(=O)N[C@@H](c2cc(F)c(Cl)cc2F)C2COC2)N(C(=O)c2ccnc(C(F)F)c2)C1. The van der Waals surface area contributed by atoms with Crippen molar-refractivity contribution in [1.29, 1.82) is 1.43 Å². The summed E-state index contributed by atoms with van der Waals surface area (Å²) >= 11 is 5.65. The lowest BCUT2D eigenvalue weighted by molar-refractivity contribution is -0.128. The predicted molar refractivity (Wildman–Crippen MR) is 111 cm³/mol. The van der Waals surface area contributed by atoms with Crippen molar-refractivity contribution in [3.05, 3.63) is 63.9 Å². The molecule has 2 aliphatic heterocycles. The van der Waals surface area contributed by atoms with Gasteiger partial charge in [0.15, 0.2) is 0 Å². The number of halogens is 5. The Kier molecular flexibility index (Phi) is 6.66. The van der Waals surface area contributed by atoms with Crippen molar-refractivity contribution < 1.29 is 37.0 Å². The molecule has 182 valence electrons. The van der Waals surface area contributed by atoms with Crippen molar-refractivity contribution in [3.8, 4) is 0 Å². The molecule has 2 fully saturated rings. The molecule has 2 aromatic rings. The Morgan fingerprint density at radius 2 is 2.03 bits per heavy atom. The number of pyridine rings is 1. The molecule has 2 N–H and O–H groups in total. The van der Waals surface area contributed by atoms with E-state index in [1.165, 1.54) is 6.07 Å². The fourth-order valence-corrected chi connectivity index (χ4v) is 4.21. The third-order valence-corrected chi connectivity index (χ3v) is 6.18. The summed E-state index contributed by atoms with van der Waals surface area (Å²) in [6.07, 6.45) is -2.71. The van der Waals surface area contributed by atoms with E-state index in [1.807, 2.05) is 0 Å². The van der Waals surface area contributed by atoms with Crippen LogP contribution in [0.3, 0.4) is 0 Å². The molecule has 1 aromatic heterocycles. The quantitative estimate of drug-likeness (QED) is 0.448. The minimum Gasteiger partial charge on any atom is -0.391 e. The molecule has 0 radical (unpaired) electrons. The average Bonchev–Trinajstić information content (AvgIpc) is 3.24. The molecule has 2 amide bonds. The van der Waals surface area contributed by atoms with Crippen LogP contribution < -0.4 is 5.32 Å². The van der Waals surface area contributed by atoms with Gasteiger partial charge in [-0.15, -0.1) is 0 Å². The Hall–Kier alpha value is -2.76. The maximum absolute atomic E-state index is 14.7. The van der Waals surface area contributed by atoms with Gasteiger partial charge in [-0.2, -0.15) is 0 Å². The molecule has 4 rings (SSSR count). The van der Waals surface area contributed by atoms with Crippen LogP contribution in [0.1, 0.15) is 40.5 Å². The van der Waals surface area contributed by atoms with Crippen molar-refractivity contribution in [2.24, 2.45) is 5.92 Å². The van der Waals surface area contributed by atoms with E-state index >= 15 is 0 Å². The van der Waals surface area contributed by atoms with E-state index in [4.69, 9.17) is 17.8 Å². The zero-order valence-corrected chi connectivity index (χ0v) is 18.3. The van der Waals surface area contributed by atoms with Crippen LogP contribution >= 0.6 is 11.6 Å². The number of carbonyl (C=O) groups is 2. The van der Waals surface area contributed by atoms with Gasteiger partial charge in [0.25, 0.3) is 12.3 Å². The number of hydrogen-bond donors (Lipinski definition) is 2. The van der Waals surface area contributed by atoms with Gasteiger partial charge in [0.05, 0.1) is 30.4 Å². The zero-order chi connectivity index (χ0) is 25.3. The molecule has 2 aliphatic rings. The second kappa shape index (κ2) is 9.85. The van der Waals surface area contributed by atoms with Crippen molar-refractivity contribution in [3.63, 3.8) is 0 Å². The van der Waals surface area contributed by atoms with Crippen LogP contribution in [0.4, 0.5) is 17.6 Å². The molecule has 2 saturated heterocycles. The van der Waals surface area contributed by atoms with Crippen LogP contribution in [0, 0.1) is 17.6 Å². The summed E-state index contributed by atoms with van der Waals surface area (Å²) in [4.78, 5) is 31.0. The van der Waals surface area contributed by atoms with Gasteiger partial charge in [-0.1, -0.05) is 11.6 Å². The maximum atomic E-state index is 14.7. The van der Waals surface area contributed by atoms with Gasteiger partial charge < -0.3 is 20.1 Å². The average molecular weight is 503 g/mol. The minimum atomic E-state index is -2.90. The lowest BCUT2D eigenvalue weighted by Crippen LogP contribution is -2.50. The highest BCUT2D eigenvalue weighted by molar-refractivity contribution is 6.30. The number of hydrogen-bond acceptors (Lipinski definition) is 5. The Balaban J connectivity index is 1.60. The van der Waals surface area contributed by atoms with Crippen LogP contribution in [0.15, 0.2) is 30.5 Å². The standard InChI is InChI=1S/C22H20ClF4N3O4/c23-14-6-15(24)13(5-16(14)25)19(11-8-34-9-11)29-21(32)18-4-12(31)7-30(18)22(33)10-1-2-28-17(3-10)20(26)27/h1-3,5-6,11-12,18-20,31H,4,7-9H2,(H,29,32)/t12-,18+,19-/m1/s1/i31D. The number of β-amino-alcohol motifs (C(OH)–C–C–N with tert-alkyl or cyclic N) is 1. The normalized spacial score (nSPS) is 21.8. The van der Waals surface area contributed by atoms with E-state index in [-0.39, 0.29) is 43.2 Å². The Bertz CT molecular complexity index is 1120. The Morgan fingerprint density at radius 3 is 2.68 bits per heavy atom. The maximum Gasteiger partial charge on any atom is 0.280 e. The number of alkyl halides is 2. The van der Waals surface area contributed by atoms with E-state index in [0.29, 0.717) is 0 Å². The van der Waals surface area contributed by atoms with E-state index in [0.717, 1.165) is 29.3 Å². The zero-order valence-electron chi connectivity index (χ0n) is 18.5. The van der Waals surface area contributed by atoms with Crippen molar-refractivity contribution in [2.45, 2.75) is 31.0 Å². The summed E-state index contributed by atoms with van der Waals surface area (Å²) in [7, 11) is 0. The molecule has 0 saturated carbocycles. The van der Waals surface area contributed by atoms with Gasteiger partial charge in [0.2, 0.25) is 7.34 Å². The van der Waals surface area contributed by atoms with Crippen LogP contribution in [0.25, 0.3) is 0 Å². The number of likely N-dealkylation sites (tertiary alicyclic amines) is 1. The van der Waals surface area contributed by atoms with Crippen molar-refractivity contribution in [2.75, 3.05) is 19.8 Å². The molecule has 0 unspecified atom stereocenters. The van der Waals surface area contributed by atoms with Gasteiger partial charge in [-0.05, 0) is 24.3 Å². The number of aliphatic hydroxyl groups is 1. The first-order valence-corrected chi connectivity index (χ1v) is 10.8. The molecule has 0 aliphatic carbocycles. The van der Waals surface area contributed by atoms with Crippen LogP contribution in [-0.2, 0) is 9.53 Å². The van der Waals surface area contributed by atoms with Gasteiger partial charge in [0.1, 0.15) is 23.4 Å². The summed E-state index contributed by atoms with van der Waals surface area (Å²) in [6, 6.07) is 1.74. The molecule has 0 spiro atoms. The Morgan fingerprint density at radius 1 is 1.26 bits per heavy atom. The molecule has 0 bridgehead atoms. The highest BCUT2D eigenvalue weighted by Crippen LogP contribution is 2.33. The van der Waals surface area contributed by atoms with Crippen molar-refractivity contribution >= 4 is 23.4 Å². The molecule has 12 heteroatoms. The monoisotopic (exact) mass is 502 g/mol. The Labute approximate surface area is 198 Å². The van der Waals surface area contributed by atoms with Crippen LogP contribution in [-0.4, -0.2) is 60.1 Å². The van der Waals surface area contributed by atoms with E-state index in [2.05, 4.69) is 15.4 Å². The topological polar surface area (TPSA) is 91.8 Å². The number of aliphatic hydroxyl groups excluding tert-OH is 1. The first-order valence-electron chi connectivity index (χ1n) is 10.8. The number of rotatable bonds is 7. The van der Waals surface area contributed by atoms with E-state index in [1.54, 1.807) is 0 Å². The van der Waals surface area contributed by atoms with Gasteiger partial charge in [0, 0.05) is 36.2 Å². The fourth-order valence-electron chi connectivity index (χ4n) is 4.06. The lowest BCUT2D eigenvalue weighted by atomic mass is 9.90. The third kappa shape index (κ3) is 4.86. The summed E-state index contributed by atoms with van der Waals surface area (Å²) in [5.74, 6) is -3.49. The second-order valence-electron chi connectivity index (χ2n) is 8.17. The molecule has 34 heavy (non-hydrogen) atoms. The number of benzene rings is 1. The van der Waals surface area contributed by atoms with Crippen molar-refractivity contribution in [1.82, 2.24) is 15.2 Å². The molecule has 3 heterocycles. The molecular formula is C22H20ClF4N3O4. The first kappa shape index (κ1) is 23.0. The van der Waals surface area contributed by atoms with E-state index in [9.17, 15) is 27.2 Å². The second-order valence-corrected chi connectivity index (χ2v) is 8.58. The number of nitrogens with zero attached hydrogens (tertiary/aromatic N) is 2. The number of ether oxygens (including phenoxy) is 1. The molecule has 3 atom stereocenters. The molecule has 7 nitrogen and oxygen atoms in total. The number of aromatic nitrogens is 1. The highest BCUT2D eigenvalue weighted by atomic mass is 35.5. The summed E-state index contributed by atoms with van der Waals surface area (Å²) in [6.45, 7) is 0.232. The number of carbonyl (C=O) groups excluding carboxylic acids is 2. The molecular weight excluding hydrogens is 482 g/mol. The summed E-state index contributed by atoms with van der Waals surface area (Å²) in [5, 5.41) is 6.84. The van der Waals surface area contributed by atoms with Gasteiger partial charge >= 0.3 is 0 Å². The largest absolute Gasteiger partial charge is 0.391 e. The summed E-state index contributed by atoms with van der Waals surface area (Å²) in [5.41, 5.74) is -0.850. The third-order valence-electron chi connectivity index (χ3n) is 5.89. The van der Waals surface area contributed by atoms with Gasteiger partial charge in [-0.25, -0.2) is 17.6 Å². The number of nitrogens with one attached hydrogen (secondary N) is 1. The first-order chi connectivity index (χ1) is 16.7. The smallest absolute Gasteiger partial charge is 0.280 e.